The van der Waals surface area contributed by atoms with Gasteiger partial charge in [0.25, 0.3) is 0 Å². The summed E-state index contributed by atoms with van der Waals surface area (Å²) in [5, 5.41) is 3.04. The molecule has 9 heteroatoms. The van der Waals surface area contributed by atoms with Gasteiger partial charge in [-0.2, -0.15) is 7.82 Å². The van der Waals surface area contributed by atoms with E-state index >= 15 is 0 Å². The van der Waals surface area contributed by atoms with E-state index in [0.29, 0.717) is 0 Å². The van der Waals surface area contributed by atoms with Gasteiger partial charge in [-0.05, 0) is 12.6 Å². The van der Waals surface area contributed by atoms with Gasteiger partial charge in [-0.3, -0.25) is 0 Å². The van der Waals surface area contributed by atoms with Gasteiger partial charge in [-0.1, -0.05) is 6.08 Å². The minimum Gasteiger partial charge on any atom is -0.822 e. The van der Waals surface area contributed by atoms with Gasteiger partial charge in [0, 0.05) is 6.54 Å². The van der Waals surface area contributed by atoms with Crippen molar-refractivity contribution in [2.75, 3.05) is 6.54 Å². The van der Waals surface area contributed by atoms with Crippen LogP contribution in [-0.4, -0.2) is 6.54 Å². The van der Waals surface area contributed by atoms with E-state index in [9.17, 15) is 0 Å². The molecular formula is C4H7K3NO4P. The predicted molar refractivity (Wildman–Crippen MR) is 29.4 cm³/mol. The van der Waals surface area contributed by atoms with Crippen LogP contribution in [-0.2, 0) is 4.57 Å². The molecule has 13 heavy (non-hydrogen) atoms. The molecule has 1 heterocycles. The molecule has 1 aliphatic heterocycles. The average molecular weight is 281 g/mol. The molecule has 0 aromatic carbocycles. The Balaban J connectivity index is -0.0000000506. The van der Waals surface area contributed by atoms with E-state index in [1.165, 1.54) is 6.42 Å². The quantitative estimate of drug-likeness (QED) is 0.351. The molecular weight excluding hydrogens is 274 g/mol. The summed E-state index contributed by atoms with van der Waals surface area (Å²) in [6.07, 6.45) is 5.32. The molecule has 1 rings (SSSR count). The van der Waals surface area contributed by atoms with Gasteiger partial charge in [-0.25, -0.2) is 0 Å². The van der Waals surface area contributed by atoms with Gasteiger partial charge in [-0.15, -0.1) is 0 Å². The van der Waals surface area contributed by atoms with Crippen molar-refractivity contribution >= 4 is 7.82 Å². The molecule has 0 spiro atoms. The van der Waals surface area contributed by atoms with E-state index in [4.69, 9.17) is 19.2 Å². The molecule has 0 saturated heterocycles. The average Bonchev–Trinajstić information content (AvgIpc) is 2.07. The van der Waals surface area contributed by atoms with Crippen molar-refractivity contribution in [3.8, 4) is 0 Å². The monoisotopic (exact) mass is 281 g/mol. The Morgan fingerprint density at radius 2 is 1.54 bits per heavy atom. The first-order valence-corrected chi connectivity index (χ1v) is 4.07. The van der Waals surface area contributed by atoms with Crippen LogP contribution in [0.1, 0.15) is 6.42 Å². The maximum absolute atomic E-state index is 8.55. The number of nitrogens with one attached hydrogen (secondary N) is 1. The van der Waals surface area contributed by atoms with E-state index in [1.807, 2.05) is 6.20 Å². The fraction of sp³-hybridized carbons (Fsp3) is 0.500. The number of phosphoric acid groups is 1. The van der Waals surface area contributed by atoms with Crippen LogP contribution in [0.5, 0.6) is 0 Å². The van der Waals surface area contributed by atoms with E-state index in [-0.39, 0.29) is 154 Å². The Morgan fingerprint density at radius 1 is 1.15 bits per heavy atom. The Kier molecular flexibility index (Phi) is 33.4. The van der Waals surface area contributed by atoms with Gasteiger partial charge in [0.15, 0.2) is 0 Å². The molecule has 0 unspecified atom stereocenters. The second kappa shape index (κ2) is 16.6. The van der Waals surface area contributed by atoms with Crippen LogP contribution in [0.3, 0.4) is 0 Å². The summed E-state index contributed by atoms with van der Waals surface area (Å²) >= 11 is 0. The van der Waals surface area contributed by atoms with Crippen LogP contribution >= 0.6 is 7.82 Å². The van der Waals surface area contributed by atoms with Crippen molar-refractivity contribution in [1.82, 2.24) is 5.32 Å². The summed E-state index contributed by atoms with van der Waals surface area (Å²) in [5.74, 6) is 0. The van der Waals surface area contributed by atoms with Gasteiger partial charge in [0.1, 0.15) is 0 Å². The summed E-state index contributed by atoms with van der Waals surface area (Å²) in [5.41, 5.74) is 0. The molecule has 0 bridgehead atoms. The summed E-state index contributed by atoms with van der Waals surface area (Å²) < 4.78 is 8.55. The number of hydrogen-bond donors (Lipinski definition) is 1. The normalized spacial score (nSPS) is 11.9. The molecule has 0 fully saturated rings. The first-order valence-electron chi connectivity index (χ1n) is 2.61. The number of hydrogen-bond acceptors (Lipinski definition) is 5. The molecule has 0 radical (unpaired) electrons. The molecule has 0 aromatic rings. The third-order valence-corrected chi connectivity index (χ3v) is 0.691. The molecule has 5 nitrogen and oxygen atoms in total. The second-order valence-corrected chi connectivity index (χ2v) is 2.49. The Labute approximate surface area is 205 Å². The van der Waals surface area contributed by atoms with E-state index < -0.39 is 7.82 Å². The number of rotatable bonds is 0. The summed E-state index contributed by atoms with van der Waals surface area (Å²) in [6.45, 7) is 1.14. The standard InChI is InChI=1S/C4H7N.3K.H3O4P/c1-2-4-5-3-1;;;;1-5(2,3)4/h1,3,5H,2,4H2;;;;(H3,1,2,3,4)/q;3*+1;/p-3. The van der Waals surface area contributed by atoms with Gasteiger partial charge < -0.3 is 24.6 Å². The summed E-state index contributed by atoms with van der Waals surface area (Å²) in [4.78, 5) is 25.6. The Morgan fingerprint density at radius 3 is 1.62 bits per heavy atom. The topological polar surface area (TPSA) is 98.3 Å². The fourth-order valence-electron chi connectivity index (χ4n) is 0.417. The van der Waals surface area contributed by atoms with Crippen molar-refractivity contribution in [3.05, 3.63) is 12.3 Å². The molecule has 1 aliphatic rings. The minimum atomic E-state index is -5.39. The van der Waals surface area contributed by atoms with Gasteiger partial charge in [0.2, 0.25) is 0 Å². The third kappa shape index (κ3) is 38.4. The van der Waals surface area contributed by atoms with Crippen molar-refractivity contribution in [3.63, 3.8) is 0 Å². The first kappa shape index (κ1) is 26.2. The Bertz CT molecular complexity index is 147. The zero-order chi connectivity index (χ0) is 8.04. The van der Waals surface area contributed by atoms with Crippen LogP contribution in [0.4, 0.5) is 0 Å². The molecule has 1 N–H and O–H groups in total. The fourth-order valence-corrected chi connectivity index (χ4v) is 0.417. The zero-order valence-electron chi connectivity index (χ0n) is 8.15. The van der Waals surface area contributed by atoms with E-state index in [1.54, 1.807) is 0 Å². The van der Waals surface area contributed by atoms with Crippen molar-refractivity contribution in [2.45, 2.75) is 6.42 Å². The predicted octanol–water partition coefficient (Wildman–Crippen LogP) is -11.3. The molecule has 0 aliphatic carbocycles. The molecule has 0 atom stereocenters. The SMILES string of the molecule is C1=CNCC1.O=P([O-])([O-])[O-].[K+].[K+].[K+]. The zero-order valence-corrected chi connectivity index (χ0v) is 18.4. The summed E-state index contributed by atoms with van der Waals surface area (Å²) in [7, 11) is -5.39. The first-order chi connectivity index (χ1) is 4.50. The van der Waals surface area contributed by atoms with Crippen LogP contribution in [0.2, 0.25) is 0 Å². The Hall–Kier alpha value is 4.56. The van der Waals surface area contributed by atoms with Crippen LogP contribution in [0, 0.1) is 0 Å². The minimum absolute atomic E-state index is 0. The smallest absolute Gasteiger partial charge is 0.822 e. The van der Waals surface area contributed by atoms with Crippen molar-refractivity contribution in [1.29, 1.82) is 0 Å². The van der Waals surface area contributed by atoms with Crippen LogP contribution in [0.25, 0.3) is 0 Å². The molecule has 0 amide bonds. The van der Waals surface area contributed by atoms with E-state index in [0.717, 1.165) is 6.54 Å². The van der Waals surface area contributed by atoms with Gasteiger partial charge >= 0.3 is 154 Å². The van der Waals surface area contributed by atoms with Crippen molar-refractivity contribution in [2.24, 2.45) is 0 Å². The largest absolute Gasteiger partial charge is 1.00 e. The second-order valence-electron chi connectivity index (χ2n) is 1.59. The third-order valence-electron chi connectivity index (χ3n) is 0.691. The molecule has 60 valence electrons. The van der Waals surface area contributed by atoms with Crippen LogP contribution in [0.15, 0.2) is 12.3 Å². The maximum atomic E-state index is 8.55. The molecule has 0 saturated carbocycles. The van der Waals surface area contributed by atoms with Crippen LogP contribution < -0.4 is 174 Å². The van der Waals surface area contributed by atoms with E-state index in [2.05, 4.69) is 11.4 Å². The summed E-state index contributed by atoms with van der Waals surface area (Å²) in [6, 6.07) is 0. The molecule has 0 aromatic heterocycles. The van der Waals surface area contributed by atoms with Gasteiger partial charge in [0.05, 0.1) is 0 Å². The maximum Gasteiger partial charge on any atom is 1.00 e. The van der Waals surface area contributed by atoms with Crippen molar-refractivity contribution < 1.29 is 173 Å².